The Labute approximate surface area is 117 Å². The number of halogens is 1. The number of hydrogen-bond acceptors (Lipinski definition) is 3. The summed E-state index contributed by atoms with van der Waals surface area (Å²) in [6.07, 6.45) is 3.83. The predicted molar refractivity (Wildman–Crippen MR) is 75.8 cm³/mol. The first-order valence-corrected chi connectivity index (χ1v) is 7.22. The first-order chi connectivity index (χ1) is 8.69. The molecule has 1 aromatic carbocycles. The van der Waals surface area contributed by atoms with Gasteiger partial charge in [-0.05, 0) is 43.9 Å². The summed E-state index contributed by atoms with van der Waals surface area (Å²) in [5.74, 6) is 0.918. The summed E-state index contributed by atoms with van der Waals surface area (Å²) in [4.78, 5) is 0. The van der Waals surface area contributed by atoms with Crippen LogP contribution in [0.25, 0.3) is 0 Å². The van der Waals surface area contributed by atoms with E-state index in [0.29, 0.717) is 6.04 Å². The van der Waals surface area contributed by atoms with Crippen molar-refractivity contribution in [1.29, 1.82) is 0 Å². The lowest BCUT2D eigenvalue weighted by Crippen LogP contribution is -2.34. The number of ether oxygens (including phenoxy) is 1. The SMILES string of the molecule is COc1ccc(Br)cc1CNC1CCC(O)CC1. The minimum Gasteiger partial charge on any atom is -0.496 e. The number of methoxy groups -OCH3 is 1. The lowest BCUT2D eigenvalue weighted by atomic mass is 9.93. The van der Waals surface area contributed by atoms with E-state index in [2.05, 4.69) is 27.3 Å². The Morgan fingerprint density at radius 3 is 2.72 bits per heavy atom. The number of aliphatic hydroxyl groups excluding tert-OH is 1. The molecule has 0 unspecified atom stereocenters. The van der Waals surface area contributed by atoms with Crippen molar-refractivity contribution in [1.82, 2.24) is 5.32 Å². The summed E-state index contributed by atoms with van der Waals surface area (Å²) in [6.45, 7) is 0.809. The molecule has 0 bridgehead atoms. The molecular formula is C14H20BrNO2. The zero-order chi connectivity index (χ0) is 13.0. The van der Waals surface area contributed by atoms with Gasteiger partial charge in [0.2, 0.25) is 0 Å². The maximum absolute atomic E-state index is 9.48. The number of nitrogens with one attached hydrogen (secondary N) is 1. The van der Waals surface area contributed by atoms with Crippen LogP contribution in [-0.2, 0) is 6.54 Å². The van der Waals surface area contributed by atoms with Gasteiger partial charge in [0, 0.05) is 22.6 Å². The topological polar surface area (TPSA) is 41.5 Å². The minimum absolute atomic E-state index is 0.0940. The van der Waals surface area contributed by atoms with Gasteiger partial charge in [-0.3, -0.25) is 0 Å². The Balaban J connectivity index is 1.91. The maximum atomic E-state index is 9.48. The van der Waals surface area contributed by atoms with Gasteiger partial charge in [0.1, 0.15) is 5.75 Å². The van der Waals surface area contributed by atoms with Gasteiger partial charge in [-0.2, -0.15) is 0 Å². The van der Waals surface area contributed by atoms with E-state index in [0.717, 1.165) is 48.0 Å². The van der Waals surface area contributed by atoms with Gasteiger partial charge >= 0.3 is 0 Å². The quantitative estimate of drug-likeness (QED) is 0.898. The third kappa shape index (κ3) is 3.70. The van der Waals surface area contributed by atoms with Gasteiger partial charge in [0.25, 0.3) is 0 Å². The zero-order valence-electron chi connectivity index (χ0n) is 10.7. The van der Waals surface area contributed by atoms with Crippen molar-refractivity contribution in [2.24, 2.45) is 0 Å². The van der Waals surface area contributed by atoms with Crippen molar-refractivity contribution >= 4 is 15.9 Å². The van der Waals surface area contributed by atoms with Crippen molar-refractivity contribution in [2.45, 2.75) is 44.4 Å². The molecule has 1 aliphatic carbocycles. The monoisotopic (exact) mass is 313 g/mol. The molecule has 0 aromatic heterocycles. The van der Waals surface area contributed by atoms with Crippen LogP contribution in [0.1, 0.15) is 31.2 Å². The molecule has 0 atom stereocenters. The molecule has 18 heavy (non-hydrogen) atoms. The molecule has 0 spiro atoms. The molecule has 0 amide bonds. The van der Waals surface area contributed by atoms with Crippen molar-refractivity contribution in [2.75, 3.05) is 7.11 Å². The van der Waals surface area contributed by atoms with E-state index < -0.39 is 0 Å². The molecule has 0 heterocycles. The van der Waals surface area contributed by atoms with Crippen molar-refractivity contribution in [3.63, 3.8) is 0 Å². The molecule has 0 saturated heterocycles. The molecule has 100 valence electrons. The minimum atomic E-state index is -0.0940. The summed E-state index contributed by atoms with van der Waals surface area (Å²) < 4.78 is 6.43. The summed E-state index contributed by atoms with van der Waals surface area (Å²) in [6, 6.07) is 6.56. The molecule has 1 fully saturated rings. The zero-order valence-corrected chi connectivity index (χ0v) is 12.2. The Kier molecular flexibility index (Phi) is 5.03. The Morgan fingerprint density at radius 1 is 1.33 bits per heavy atom. The van der Waals surface area contributed by atoms with E-state index in [1.165, 1.54) is 0 Å². The molecule has 4 heteroatoms. The average molecular weight is 314 g/mol. The van der Waals surface area contributed by atoms with Crippen LogP contribution in [-0.4, -0.2) is 24.4 Å². The van der Waals surface area contributed by atoms with Gasteiger partial charge < -0.3 is 15.2 Å². The standard InChI is InChI=1S/C14H20BrNO2/c1-18-14-7-2-11(15)8-10(14)9-16-12-3-5-13(17)6-4-12/h2,7-8,12-13,16-17H,3-6,9H2,1H3. The van der Waals surface area contributed by atoms with Crippen LogP contribution in [0, 0.1) is 0 Å². The highest BCUT2D eigenvalue weighted by molar-refractivity contribution is 9.10. The Bertz CT molecular complexity index is 389. The van der Waals surface area contributed by atoms with Gasteiger partial charge in [-0.15, -0.1) is 0 Å². The molecule has 2 N–H and O–H groups in total. The van der Waals surface area contributed by atoms with Crippen LogP contribution in [0.5, 0.6) is 5.75 Å². The molecule has 1 aliphatic rings. The van der Waals surface area contributed by atoms with Gasteiger partial charge in [-0.25, -0.2) is 0 Å². The second-order valence-corrected chi connectivity index (χ2v) is 5.76. The number of benzene rings is 1. The Hall–Kier alpha value is -0.580. The number of rotatable bonds is 4. The van der Waals surface area contributed by atoms with E-state index in [9.17, 15) is 5.11 Å². The third-order valence-corrected chi connectivity index (χ3v) is 4.01. The summed E-state index contributed by atoms with van der Waals surface area (Å²) in [5.41, 5.74) is 1.16. The Morgan fingerprint density at radius 2 is 2.06 bits per heavy atom. The van der Waals surface area contributed by atoms with E-state index >= 15 is 0 Å². The summed E-state index contributed by atoms with van der Waals surface area (Å²) in [7, 11) is 1.70. The second kappa shape index (κ2) is 6.55. The highest BCUT2D eigenvalue weighted by atomic mass is 79.9. The van der Waals surface area contributed by atoms with E-state index in [4.69, 9.17) is 4.74 Å². The molecular weight excluding hydrogens is 294 g/mol. The fraction of sp³-hybridized carbons (Fsp3) is 0.571. The van der Waals surface area contributed by atoms with Crippen LogP contribution in [0.15, 0.2) is 22.7 Å². The predicted octanol–water partition coefficient (Wildman–Crippen LogP) is 2.85. The highest BCUT2D eigenvalue weighted by Crippen LogP contribution is 2.24. The van der Waals surface area contributed by atoms with Crippen molar-refractivity contribution in [3.05, 3.63) is 28.2 Å². The fourth-order valence-electron chi connectivity index (χ4n) is 2.42. The maximum Gasteiger partial charge on any atom is 0.123 e. The number of aliphatic hydroxyl groups is 1. The average Bonchev–Trinajstić information content (AvgIpc) is 2.38. The van der Waals surface area contributed by atoms with Crippen LogP contribution in [0.4, 0.5) is 0 Å². The van der Waals surface area contributed by atoms with Gasteiger partial charge in [0.05, 0.1) is 13.2 Å². The fourth-order valence-corrected chi connectivity index (χ4v) is 2.83. The normalized spacial score (nSPS) is 23.9. The number of hydrogen-bond donors (Lipinski definition) is 2. The largest absolute Gasteiger partial charge is 0.496 e. The molecule has 0 aliphatic heterocycles. The van der Waals surface area contributed by atoms with E-state index in [-0.39, 0.29) is 6.10 Å². The third-order valence-electron chi connectivity index (χ3n) is 3.52. The first-order valence-electron chi connectivity index (χ1n) is 6.43. The molecule has 1 saturated carbocycles. The molecule has 2 rings (SSSR count). The smallest absolute Gasteiger partial charge is 0.123 e. The van der Waals surface area contributed by atoms with Gasteiger partial charge in [0.15, 0.2) is 0 Å². The van der Waals surface area contributed by atoms with Crippen LogP contribution < -0.4 is 10.1 Å². The van der Waals surface area contributed by atoms with Crippen molar-refractivity contribution in [3.8, 4) is 5.75 Å². The van der Waals surface area contributed by atoms with E-state index in [1.54, 1.807) is 7.11 Å². The first kappa shape index (κ1) is 13.8. The lowest BCUT2D eigenvalue weighted by molar-refractivity contribution is 0.116. The summed E-state index contributed by atoms with van der Waals surface area (Å²) in [5, 5.41) is 13.0. The van der Waals surface area contributed by atoms with Crippen LogP contribution in [0.3, 0.4) is 0 Å². The molecule has 0 radical (unpaired) electrons. The van der Waals surface area contributed by atoms with E-state index in [1.807, 2.05) is 12.1 Å². The van der Waals surface area contributed by atoms with Crippen LogP contribution >= 0.6 is 15.9 Å². The van der Waals surface area contributed by atoms with Gasteiger partial charge in [-0.1, -0.05) is 15.9 Å². The van der Waals surface area contributed by atoms with Crippen molar-refractivity contribution < 1.29 is 9.84 Å². The molecule has 1 aromatic rings. The highest BCUT2D eigenvalue weighted by Gasteiger charge is 2.19. The van der Waals surface area contributed by atoms with Crippen LogP contribution in [0.2, 0.25) is 0 Å². The summed E-state index contributed by atoms with van der Waals surface area (Å²) >= 11 is 3.48. The second-order valence-electron chi connectivity index (χ2n) is 4.84. The lowest BCUT2D eigenvalue weighted by Gasteiger charge is -2.26. The molecule has 3 nitrogen and oxygen atoms in total.